The van der Waals surface area contributed by atoms with Crippen LogP contribution in [0.15, 0.2) is 24.3 Å². The van der Waals surface area contributed by atoms with E-state index in [1.54, 1.807) is 7.11 Å². The van der Waals surface area contributed by atoms with Crippen LogP contribution in [0.25, 0.3) is 10.9 Å². The van der Waals surface area contributed by atoms with Gasteiger partial charge in [0.25, 0.3) is 0 Å². The third-order valence-electron chi connectivity index (χ3n) is 4.69. The van der Waals surface area contributed by atoms with Crippen LogP contribution in [-0.4, -0.2) is 30.4 Å². The lowest BCUT2D eigenvalue weighted by Crippen LogP contribution is -2.41. The molecule has 1 aliphatic rings. The average Bonchev–Trinajstić information content (AvgIpc) is 2.75. The molecule has 0 atom stereocenters. The van der Waals surface area contributed by atoms with E-state index in [-0.39, 0.29) is 11.2 Å². The highest BCUT2D eigenvalue weighted by Gasteiger charge is 2.52. The molecule has 0 unspecified atom stereocenters. The molecule has 0 saturated carbocycles. The van der Waals surface area contributed by atoms with Crippen molar-refractivity contribution < 1.29 is 14.0 Å². The summed E-state index contributed by atoms with van der Waals surface area (Å²) >= 11 is 0. The van der Waals surface area contributed by atoms with Crippen LogP contribution >= 0.6 is 0 Å². The maximum Gasteiger partial charge on any atom is 0.498 e. The summed E-state index contributed by atoms with van der Waals surface area (Å²) in [4.78, 5) is 4.55. The van der Waals surface area contributed by atoms with Crippen molar-refractivity contribution in [3.8, 4) is 5.75 Å². The molecule has 0 amide bonds. The number of rotatable bonds is 2. The minimum atomic E-state index is -0.439. The standard InChI is InChI=1S/C17H22BNO3.C2H6/c1-11-7-8-12-9-13(15(20-6)10-14(12)19-11)18-21-16(2,3)17(4,5)22-18;1-2/h7-10H,1-6H3;1-2H3. The van der Waals surface area contributed by atoms with Gasteiger partial charge in [0.05, 0.1) is 23.8 Å². The van der Waals surface area contributed by atoms with Crippen LogP contribution in [0.4, 0.5) is 0 Å². The van der Waals surface area contributed by atoms with Crippen LogP contribution in [-0.2, 0) is 9.31 Å². The smallest absolute Gasteiger partial charge is 0.497 e. The van der Waals surface area contributed by atoms with E-state index in [1.807, 2.05) is 66.7 Å². The number of fused-ring (bicyclic) bond motifs is 1. The number of aromatic nitrogens is 1. The van der Waals surface area contributed by atoms with Crippen LogP contribution in [0.1, 0.15) is 47.2 Å². The summed E-state index contributed by atoms with van der Waals surface area (Å²) in [5.41, 5.74) is 2.06. The summed E-state index contributed by atoms with van der Waals surface area (Å²) in [5, 5.41) is 1.05. The van der Waals surface area contributed by atoms with Crippen molar-refractivity contribution in [2.24, 2.45) is 0 Å². The number of ether oxygens (including phenoxy) is 1. The second kappa shape index (κ2) is 6.73. The zero-order valence-corrected chi connectivity index (χ0v) is 16.1. The van der Waals surface area contributed by atoms with Gasteiger partial charge in [0, 0.05) is 22.6 Å². The van der Waals surface area contributed by atoms with E-state index in [4.69, 9.17) is 14.0 Å². The van der Waals surface area contributed by atoms with Crippen LogP contribution in [0.2, 0.25) is 0 Å². The molecule has 1 saturated heterocycles. The SMILES string of the molecule is CC.COc1cc2nc(C)ccc2cc1B1OC(C)(C)C(C)(C)O1. The predicted octanol–water partition coefficient (Wildman–Crippen LogP) is 3.88. The van der Waals surface area contributed by atoms with Crippen LogP contribution < -0.4 is 10.2 Å². The molecule has 3 rings (SSSR count). The summed E-state index contributed by atoms with van der Waals surface area (Å²) in [6, 6.07) is 8.06. The second-order valence-corrected chi connectivity index (χ2v) is 6.83. The van der Waals surface area contributed by atoms with Crippen LogP contribution in [0.5, 0.6) is 5.75 Å². The first kappa shape index (κ1) is 18.7. The zero-order valence-electron chi connectivity index (χ0n) is 16.1. The van der Waals surface area contributed by atoms with Gasteiger partial charge in [0.2, 0.25) is 0 Å². The Balaban J connectivity index is 0.00000100. The number of aryl methyl sites for hydroxylation is 1. The molecule has 1 aromatic heterocycles. The largest absolute Gasteiger partial charge is 0.498 e. The molecule has 0 bridgehead atoms. The minimum Gasteiger partial charge on any atom is -0.497 e. The molecule has 1 fully saturated rings. The maximum absolute atomic E-state index is 6.14. The van der Waals surface area contributed by atoms with E-state index in [0.29, 0.717) is 0 Å². The normalized spacial score (nSPS) is 18.2. The molecule has 24 heavy (non-hydrogen) atoms. The Morgan fingerprint density at radius 3 is 2.12 bits per heavy atom. The molecule has 4 nitrogen and oxygen atoms in total. The van der Waals surface area contributed by atoms with Crippen molar-refractivity contribution in [2.45, 2.75) is 59.7 Å². The Labute approximate surface area is 145 Å². The summed E-state index contributed by atoms with van der Waals surface area (Å²) in [7, 11) is 1.22. The monoisotopic (exact) mass is 329 g/mol. The number of benzene rings is 1. The van der Waals surface area contributed by atoms with Gasteiger partial charge in [0.15, 0.2) is 0 Å². The van der Waals surface area contributed by atoms with Gasteiger partial charge in [-0.2, -0.15) is 0 Å². The molecule has 2 aromatic rings. The highest BCUT2D eigenvalue weighted by atomic mass is 16.7. The van der Waals surface area contributed by atoms with Crippen molar-refractivity contribution in [3.05, 3.63) is 30.0 Å². The Hall–Kier alpha value is -1.59. The summed E-state index contributed by atoms with van der Waals surface area (Å²) < 4.78 is 17.8. The molecule has 130 valence electrons. The van der Waals surface area contributed by atoms with Gasteiger partial charge in [0.1, 0.15) is 5.75 Å². The lowest BCUT2D eigenvalue weighted by Gasteiger charge is -2.32. The average molecular weight is 329 g/mol. The van der Waals surface area contributed by atoms with Crippen molar-refractivity contribution in [1.82, 2.24) is 4.98 Å². The molecule has 1 aliphatic heterocycles. The molecular weight excluding hydrogens is 301 g/mol. The van der Waals surface area contributed by atoms with E-state index >= 15 is 0 Å². The van der Waals surface area contributed by atoms with Gasteiger partial charge in [-0.25, -0.2) is 0 Å². The maximum atomic E-state index is 6.14. The van der Waals surface area contributed by atoms with Gasteiger partial charge in [-0.05, 0) is 46.8 Å². The van der Waals surface area contributed by atoms with Crippen LogP contribution in [0, 0.1) is 6.92 Å². The van der Waals surface area contributed by atoms with Gasteiger partial charge in [-0.3, -0.25) is 4.98 Å². The number of pyridine rings is 1. The fraction of sp³-hybridized carbons (Fsp3) is 0.526. The van der Waals surface area contributed by atoms with E-state index < -0.39 is 7.12 Å². The lowest BCUT2D eigenvalue weighted by molar-refractivity contribution is 0.00578. The lowest BCUT2D eigenvalue weighted by atomic mass is 9.77. The van der Waals surface area contributed by atoms with Crippen molar-refractivity contribution in [3.63, 3.8) is 0 Å². The highest BCUT2D eigenvalue weighted by molar-refractivity contribution is 6.63. The Morgan fingerprint density at radius 1 is 1.00 bits per heavy atom. The van der Waals surface area contributed by atoms with E-state index in [0.717, 1.165) is 27.8 Å². The molecule has 0 N–H and O–H groups in total. The van der Waals surface area contributed by atoms with E-state index in [9.17, 15) is 0 Å². The first-order valence-electron chi connectivity index (χ1n) is 8.54. The third-order valence-corrected chi connectivity index (χ3v) is 4.69. The van der Waals surface area contributed by atoms with Gasteiger partial charge in [-0.1, -0.05) is 19.9 Å². The molecular formula is C19H28BNO3. The first-order chi connectivity index (χ1) is 11.2. The fourth-order valence-corrected chi connectivity index (χ4v) is 2.60. The van der Waals surface area contributed by atoms with Crippen molar-refractivity contribution in [2.75, 3.05) is 7.11 Å². The van der Waals surface area contributed by atoms with Crippen LogP contribution in [0.3, 0.4) is 0 Å². The predicted molar refractivity (Wildman–Crippen MR) is 100 cm³/mol. The molecule has 0 spiro atoms. The molecule has 5 heteroatoms. The van der Waals surface area contributed by atoms with Crippen molar-refractivity contribution in [1.29, 1.82) is 0 Å². The summed E-state index contributed by atoms with van der Waals surface area (Å²) in [6.45, 7) is 14.2. The topological polar surface area (TPSA) is 40.6 Å². The summed E-state index contributed by atoms with van der Waals surface area (Å²) in [5.74, 6) is 0.740. The Kier molecular flexibility index (Phi) is 5.26. The molecule has 0 radical (unpaired) electrons. The first-order valence-corrected chi connectivity index (χ1v) is 8.54. The Bertz CT molecular complexity index is 712. The van der Waals surface area contributed by atoms with Gasteiger partial charge in [-0.15, -0.1) is 0 Å². The molecule has 1 aromatic carbocycles. The number of methoxy groups -OCH3 is 1. The van der Waals surface area contributed by atoms with Gasteiger partial charge >= 0.3 is 7.12 Å². The van der Waals surface area contributed by atoms with E-state index in [2.05, 4.69) is 11.1 Å². The number of hydrogen-bond donors (Lipinski definition) is 0. The van der Waals surface area contributed by atoms with Crippen molar-refractivity contribution >= 4 is 23.5 Å². The molecule has 2 heterocycles. The van der Waals surface area contributed by atoms with Gasteiger partial charge < -0.3 is 14.0 Å². The van der Waals surface area contributed by atoms with E-state index in [1.165, 1.54) is 0 Å². The third kappa shape index (κ3) is 3.28. The number of hydrogen-bond acceptors (Lipinski definition) is 4. The summed E-state index contributed by atoms with van der Waals surface area (Å²) in [6.07, 6.45) is 0. The minimum absolute atomic E-state index is 0.372. The molecule has 0 aliphatic carbocycles. The quantitative estimate of drug-likeness (QED) is 0.784. The zero-order chi connectivity index (χ0) is 18.1. The fourth-order valence-electron chi connectivity index (χ4n) is 2.60. The highest BCUT2D eigenvalue weighted by Crippen LogP contribution is 2.37. The number of nitrogens with zero attached hydrogens (tertiary/aromatic N) is 1. The second-order valence-electron chi connectivity index (χ2n) is 6.83. The Morgan fingerprint density at radius 2 is 1.58 bits per heavy atom.